The summed E-state index contributed by atoms with van der Waals surface area (Å²) in [7, 11) is 0. The van der Waals surface area contributed by atoms with Crippen molar-refractivity contribution in [2.24, 2.45) is 0 Å². The minimum atomic E-state index is -0.565. The molecule has 0 saturated heterocycles. The molecule has 0 atom stereocenters. The molecule has 0 aliphatic carbocycles. The number of esters is 2. The minimum absolute atomic E-state index is 0.198. The molecule has 2 aromatic rings. The van der Waals surface area contributed by atoms with Crippen LogP contribution in [-0.4, -0.2) is 30.6 Å². The average molecular weight is 432 g/mol. The van der Waals surface area contributed by atoms with Gasteiger partial charge in [0.2, 0.25) is 5.91 Å². The molecule has 162 valence electrons. The zero-order valence-corrected chi connectivity index (χ0v) is 19.0. The lowest BCUT2D eigenvalue weighted by molar-refractivity contribution is -0.116. The van der Waals surface area contributed by atoms with Crippen LogP contribution in [0.5, 0.6) is 0 Å². The topological polar surface area (TPSA) is 81.7 Å². The fraction of sp³-hybridized carbons (Fsp3) is 0.435. The molecule has 1 aromatic carbocycles. The van der Waals surface area contributed by atoms with Gasteiger partial charge in [0.05, 0.1) is 18.3 Å². The first kappa shape index (κ1) is 23.6. The van der Waals surface area contributed by atoms with E-state index in [9.17, 15) is 14.4 Å². The summed E-state index contributed by atoms with van der Waals surface area (Å²) in [5.74, 6) is -1.29. The van der Waals surface area contributed by atoms with E-state index < -0.39 is 11.9 Å². The van der Waals surface area contributed by atoms with Crippen LogP contribution in [0.15, 0.2) is 24.3 Å². The molecular weight excluding hydrogens is 402 g/mol. The second-order valence-electron chi connectivity index (χ2n) is 7.32. The number of hydrogen-bond donors (Lipinski definition) is 1. The van der Waals surface area contributed by atoms with Gasteiger partial charge in [-0.15, -0.1) is 11.3 Å². The van der Waals surface area contributed by atoms with Crippen LogP contribution in [0, 0.1) is 13.8 Å². The SMILES string of the molecule is CCOC(=O)c1c(NC(=O)CCCc2ccc(C)cc2)sc(C(=O)OC(C)C)c1C. The summed E-state index contributed by atoms with van der Waals surface area (Å²) in [5, 5.41) is 3.11. The Morgan fingerprint density at radius 1 is 1.07 bits per heavy atom. The Hall–Kier alpha value is -2.67. The standard InChI is InChI=1S/C23H29NO5S/c1-6-28-22(26)19-16(5)20(23(27)29-14(2)3)30-21(19)24-18(25)9-7-8-17-12-10-15(4)11-13-17/h10-14H,6-9H2,1-5H3,(H,24,25). The van der Waals surface area contributed by atoms with Crippen LogP contribution < -0.4 is 5.32 Å². The van der Waals surface area contributed by atoms with Crippen molar-refractivity contribution in [1.29, 1.82) is 0 Å². The van der Waals surface area contributed by atoms with E-state index in [1.807, 2.05) is 19.1 Å². The van der Waals surface area contributed by atoms with Crippen molar-refractivity contribution >= 4 is 34.2 Å². The Labute approximate surface area is 181 Å². The van der Waals surface area contributed by atoms with Gasteiger partial charge in [-0.1, -0.05) is 29.8 Å². The van der Waals surface area contributed by atoms with Gasteiger partial charge < -0.3 is 14.8 Å². The summed E-state index contributed by atoms with van der Waals surface area (Å²) in [6, 6.07) is 8.21. The molecular formula is C23H29NO5S. The van der Waals surface area contributed by atoms with Gasteiger partial charge in [0.15, 0.2) is 0 Å². The number of carbonyl (C=O) groups excluding carboxylic acids is 3. The maximum Gasteiger partial charge on any atom is 0.348 e. The number of benzene rings is 1. The molecule has 0 radical (unpaired) electrons. The number of thiophene rings is 1. The fourth-order valence-corrected chi connectivity index (χ4v) is 4.00. The lowest BCUT2D eigenvalue weighted by atomic mass is 10.1. The first-order valence-corrected chi connectivity index (χ1v) is 10.9. The first-order valence-electron chi connectivity index (χ1n) is 10.1. The van der Waals surface area contributed by atoms with Crippen molar-refractivity contribution < 1.29 is 23.9 Å². The number of nitrogens with one attached hydrogen (secondary N) is 1. The van der Waals surface area contributed by atoms with Gasteiger partial charge in [-0.3, -0.25) is 4.79 Å². The van der Waals surface area contributed by atoms with E-state index >= 15 is 0 Å². The molecule has 30 heavy (non-hydrogen) atoms. The molecule has 0 bridgehead atoms. The van der Waals surface area contributed by atoms with Crippen LogP contribution in [0.1, 0.15) is 70.3 Å². The van der Waals surface area contributed by atoms with Crippen molar-refractivity contribution in [3.63, 3.8) is 0 Å². The number of amides is 1. The quantitative estimate of drug-likeness (QED) is 0.561. The van der Waals surface area contributed by atoms with E-state index in [2.05, 4.69) is 17.4 Å². The van der Waals surface area contributed by atoms with Crippen molar-refractivity contribution in [3.8, 4) is 0 Å². The molecule has 1 aromatic heterocycles. The van der Waals surface area contributed by atoms with Gasteiger partial charge in [0.25, 0.3) is 0 Å². The summed E-state index contributed by atoms with van der Waals surface area (Å²) in [6.45, 7) is 9.10. The molecule has 1 N–H and O–H groups in total. The van der Waals surface area contributed by atoms with Crippen LogP contribution in [-0.2, 0) is 20.7 Å². The largest absolute Gasteiger partial charge is 0.462 e. The Kier molecular flexibility index (Phi) is 8.59. The van der Waals surface area contributed by atoms with Crippen LogP contribution >= 0.6 is 11.3 Å². The second kappa shape index (κ2) is 10.9. The van der Waals surface area contributed by atoms with Crippen molar-refractivity contribution in [2.45, 2.75) is 60.0 Å². The monoisotopic (exact) mass is 431 g/mol. The van der Waals surface area contributed by atoms with Crippen LogP contribution in [0.3, 0.4) is 0 Å². The molecule has 0 fully saturated rings. The van der Waals surface area contributed by atoms with Gasteiger partial charge >= 0.3 is 11.9 Å². The van der Waals surface area contributed by atoms with E-state index in [1.54, 1.807) is 27.7 Å². The van der Waals surface area contributed by atoms with E-state index in [4.69, 9.17) is 9.47 Å². The first-order chi connectivity index (χ1) is 14.2. The number of ether oxygens (including phenoxy) is 2. The molecule has 6 nitrogen and oxygen atoms in total. The number of aryl methyl sites for hydroxylation is 2. The molecule has 0 spiro atoms. The molecule has 1 amide bonds. The lowest BCUT2D eigenvalue weighted by Crippen LogP contribution is -2.15. The molecule has 0 unspecified atom stereocenters. The molecule has 0 saturated carbocycles. The highest BCUT2D eigenvalue weighted by Crippen LogP contribution is 2.34. The van der Waals surface area contributed by atoms with E-state index in [-0.39, 0.29) is 24.2 Å². The van der Waals surface area contributed by atoms with Crippen molar-refractivity contribution in [2.75, 3.05) is 11.9 Å². The Balaban J connectivity index is 2.11. The van der Waals surface area contributed by atoms with Gasteiger partial charge in [0, 0.05) is 6.42 Å². The molecule has 0 aliphatic rings. The Bertz CT molecular complexity index is 899. The predicted molar refractivity (Wildman–Crippen MR) is 118 cm³/mol. The van der Waals surface area contributed by atoms with E-state index in [0.29, 0.717) is 28.3 Å². The molecule has 0 aliphatic heterocycles. The Morgan fingerprint density at radius 2 is 1.73 bits per heavy atom. The van der Waals surface area contributed by atoms with E-state index in [0.717, 1.165) is 17.8 Å². The third-order valence-corrected chi connectivity index (χ3v) is 5.58. The number of rotatable bonds is 9. The number of carbonyl (C=O) groups is 3. The van der Waals surface area contributed by atoms with Gasteiger partial charge in [0.1, 0.15) is 9.88 Å². The number of hydrogen-bond acceptors (Lipinski definition) is 6. The highest BCUT2D eigenvalue weighted by atomic mass is 32.1. The molecule has 2 rings (SSSR count). The minimum Gasteiger partial charge on any atom is -0.462 e. The van der Waals surface area contributed by atoms with Crippen molar-refractivity contribution in [3.05, 3.63) is 51.4 Å². The highest BCUT2D eigenvalue weighted by Gasteiger charge is 2.27. The molecule has 1 heterocycles. The van der Waals surface area contributed by atoms with Gasteiger partial charge in [-0.2, -0.15) is 0 Å². The normalized spacial score (nSPS) is 10.7. The highest BCUT2D eigenvalue weighted by molar-refractivity contribution is 7.18. The van der Waals surface area contributed by atoms with Crippen LogP contribution in [0.2, 0.25) is 0 Å². The van der Waals surface area contributed by atoms with Crippen molar-refractivity contribution in [1.82, 2.24) is 0 Å². The summed E-state index contributed by atoms with van der Waals surface area (Å²) in [4.78, 5) is 37.6. The zero-order chi connectivity index (χ0) is 22.3. The third kappa shape index (κ3) is 6.42. The lowest BCUT2D eigenvalue weighted by Gasteiger charge is -2.07. The predicted octanol–water partition coefficient (Wildman–Crippen LogP) is 5.07. The van der Waals surface area contributed by atoms with Gasteiger partial charge in [-0.25, -0.2) is 9.59 Å². The summed E-state index contributed by atoms with van der Waals surface area (Å²) in [5.41, 5.74) is 3.04. The average Bonchev–Trinajstić information content (AvgIpc) is 2.99. The summed E-state index contributed by atoms with van der Waals surface area (Å²) < 4.78 is 10.4. The van der Waals surface area contributed by atoms with E-state index in [1.165, 1.54) is 11.1 Å². The summed E-state index contributed by atoms with van der Waals surface area (Å²) in [6.07, 6.45) is 1.48. The fourth-order valence-electron chi connectivity index (χ4n) is 2.91. The third-order valence-electron chi connectivity index (χ3n) is 4.40. The summed E-state index contributed by atoms with van der Waals surface area (Å²) >= 11 is 1.04. The van der Waals surface area contributed by atoms with Gasteiger partial charge in [-0.05, 0) is 58.6 Å². The zero-order valence-electron chi connectivity index (χ0n) is 18.2. The maximum atomic E-state index is 12.5. The Morgan fingerprint density at radius 3 is 2.33 bits per heavy atom. The smallest absolute Gasteiger partial charge is 0.348 e. The number of anilines is 1. The molecule has 7 heteroatoms. The second-order valence-corrected chi connectivity index (χ2v) is 8.34. The van der Waals surface area contributed by atoms with Crippen LogP contribution in [0.25, 0.3) is 0 Å². The maximum absolute atomic E-state index is 12.5. The van der Waals surface area contributed by atoms with Crippen LogP contribution in [0.4, 0.5) is 5.00 Å².